The second-order valence-electron chi connectivity index (χ2n) is 7.24. The first-order valence-electron chi connectivity index (χ1n) is 9.48. The van der Waals surface area contributed by atoms with Gasteiger partial charge in [0.15, 0.2) is 6.10 Å². The van der Waals surface area contributed by atoms with Gasteiger partial charge in [0.05, 0.1) is 17.4 Å². The number of imide groups is 1. The fourth-order valence-electron chi connectivity index (χ4n) is 4.11. The number of fused-ring (bicyclic) bond motifs is 1. The minimum absolute atomic E-state index is 0.0520. The molecule has 0 aromatic heterocycles. The van der Waals surface area contributed by atoms with Gasteiger partial charge in [0.25, 0.3) is 5.91 Å². The van der Waals surface area contributed by atoms with Crippen molar-refractivity contribution in [3.8, 4) is 5.75 Å². The molecule has 30 heavy (non-hydrogen) atoms. The van der Waals surface area contributed by atoms with Crippen LogP contribution in [0, 0.1) is 11.7 Å². The van der Waals surface area contributed by atoms with Crippen LogP contribution in [0.25, 0.3) is 0 Å². The summed E-state index contributed by atoms with van der Waals surface area (Å²) in [6.07, 6.45) is -1.02. The molecule has 0 saturated carbocycles. The van der Waals surface area contributed by atoms with E-state index >= 15 is 0 Å². The molecular formula is C23H17FN2O4. The molecule has 0 spiro atoms. The van der Waals surface area contributed by atoms with Crippen LogP contribution in [0.3, 0.4) is 0 Å². The molecule has 7 heteroatoms. The molecule has 1 N–H and O–H groups in total. The Kier molecular flexibility index (Phi) is 4.25. The van der Waals surface area contributed by atoms with Crippen LogP contribution in [-0.4, -0.2) is 23.0 Å². The number of nitrogens with zero attached hydrogens (tertiary/aromatic N) is 2. The van der Waals surface area contributed by atoms with E-state index in [0.29, 0.717) is 16.9 Å². The monoisotopic (exact) mass is 404 g/mol. The van der Waals surface area contributed by atoms with Gasteiger partial charge in [-0.25, -0.2) is 14.4 Å². The average Bonchev–Trinajstić information content (AvgIpc) is 3.26. The van der Waals surface area contributed by atoms with Crippen LogP contribution < -0.4 is 9.96 Å². The highest BCUT2D eigenvalue weighted by Gasteiger charge is 2.60. The second kappa shape index (κ2) is 6.96. The third-order valence-corrected chi connectivity index (χ3v) is 5.42. The maximum absolute atomic E-state index is 13.4. The highest BCUT2D eigenvalue weighted by Crippen LogP contribution is 2.47. The quantitative estimate of drug-likeness (QED) is 0.676. The number of carbonyl (C=O) groups is 2. The lowest BCUT2D eigenvalue weighted by Crippen LogP contribution is -2.37. The number of carbonyl (C=O) groups excluding carboxylic acids is 2. The summed E-state index contributed by atoms with van der Waals surface area (Å²) >= 11 is 0. The summed E-state index contributed by atoms with van der Waals surface area (Å²) in [5.74, 6) is -2.15. The van der Waals surface area contributed by atoms with Crippen molar-refractivity contribution < 1.29 is 23.9 Å². The van der Waals surface area contributed by atoms with Crippen molar-refractivity contribution in [1.29, 1.82) is 0 Å². The number of anilines is 2. The van der Waals surface area contributed by atoms with Crippen molar-refractivity contribution in [2.75, 3.05) is 9.96 Å². The van der Waals surface area contributed by atoms with E-state index < -0.39 is 35.7 Å². The van der Waals surface area contributed by atoms with E-state index in [1.54, 1.807) is 23.3 Å². The van der Waals surface area contributed by atoms with Crippen LogP contribution in [0.2, 0.25) is 0 Å². The SMILES string of the molecule is O=C1[C@H]2[C@@H](ON(c3ccccc3)[C@H]2c2cccc(O)c2)C(=O)N1c1ccc(F)cc1. The van der Waals surface area contributed by atoms with Crippen LogP contribution in [0.5, 0.6) is 5.75 Å². The zero-order valence-electron chi connectivity index (χ0n) is 15.7. The van der Waals surface area contributed by atoms with E-state index in [2.05, 4.69) is 0 Å². The summed E-state index contributed by atoms with van der Waals surface area (Å²) in [5.41, 5.74) is 1.63. The normalized spacial score (nSPS) is 23.2. The number of aromatic hydroxyl groups is 1. The van der Waals surface area contributed by atoms with E-state index in [4.69, 9.17) is 4.84 Å². The summed E-state index contributed by atoms with van der Waals surface area (Å²) in [6, 6.07) is 20.3. The van der Waals surface area contributed by atoms with Crippen molar-refractivity contribution in [3.05, 3.63) is 90.2 Å². The number of halogens is 1. The Morgan fingerprint density at radius 3 is 2.27 bits per heavy atom. The molecule has 0 radical (unpaired) electrons. The van der Waals surface area contributed by atoms with E-state index in [1.807, 2.05) is 30.3 Å². The van der Waals surface area contributed by atoms with Gasteiger partial charge in [-0.05, 0) is 54.1 Å². The first kappa shape index (κ1) is 18.3. The molecule has 0 bridgehead atoms. The molecule has 5 rings (SSSR count). The van der Waals surface area contributed by atoms with E-state index in [-0.39, 0.29) is 5.75 Å². The number of rotatable bonds is 3. The number of hydroxylamine groups is 1. The molecule has 6 nitrogen and oxygen atoms in total. The third-order valence-electron chi connectivity index (χ3n) is 5.42. The average molecular weight is 404 g/mol. The zero-order chi connectivity index (χ0) is 20.8. The molecule has 2 amide bonds. The Bertz CT molecular complexity index is 1120. The van der Waals surface area contributed by atoms with Crippen molar-refractivity contribution >= 4 is 23.2 Å². The van der Waals surface area contributed by atoms with Gasteiger partial charge in [-0.3, -0.25) is 14.4 Å². The fourth-order valence-corrected chi connectivity index (χ4v) is 4.11. The van der Waals surface area contributed by atoms with Crippen LogP contribution >= 0.6 is 0 Å². The lowest BCUT2D eigenvalue weighted by molar-refractivity contribution is -0.126. The van der Waals surface area contributed by atoms with E-state index in [1.165, 1.54) is 30.3 Å². The molecule has 2 aliphatic heterocycles. The molecular weight excluding hydrogens is 387 g/mol. The van der Waals surface area contributed by atoms with Crippen molar-refractivity contribution in [2.24, 2.45) is 5.92 Å². The van der Waals surface area contributed by atoms with Gasteiger partial charge in [-0.15, -0.1) is 0 Å². The van der Waals surface area contributed by atoms with Crippen molar-refractivity contribution in [2.45, 2.75) is 12.1 Å². The topological polar surface area (TPSA) is 70.1 Å². The van der Waals surface area contributed by atoms with Gasteiger partial charge in [-0.2, -0.15) is 0 Å². The highest BCUT2D eigenvalue weighted by molar-refractivity contribution is 6.23. The zero-order valence-corrected chi connectivity index (χ0v) is 15.7. The van der Waals surface area contributed by atoms with Gasteiger partial charge >= 0.3 is 0 Å². The Morgan fingerprint density at radius 1 is 0.833 bits per heavy atom. The van der Waals surface area contributed by atoms with Gasteiger partial charge in [-0.1, -0.05) is 30.3 Å². The van der Waals surface area contributed by atoms with Crippen LogP contribution in [0.1, 0.15) is 11.6 Å². The van der Waals surface area contributed by atoms with Crippen LogP contribution in [-0.2, 0) is 14.4 Å². The molecule has 3 aromatic rings. The van der Waals surface area contributed by atoms with Gasteiger partial charge in [0, 0.05) is 0 Å². The number of amides is 2. The largest absolute Gasteiger partial charge is 0.508 e. The molecule has 0 unspecified atom stereocenters. The molecule has 2 aliphatic rings. The molecule has 2 saturated heterocycles. The Labute approximate surface area is 171 Å². The first-order valence-corrected chi connectivity index (χ1v) is 9.48. The van der Waals surface area contributed by atoms with Crippen molar-refractivity contribution in [1.82, 2.24) is 0 Å². The number of phenolic OH excluding ortho intramolecular Hbond substituents is 1. The summed E-state index contributed by atoms with van der Waals surface area (Å²) in [5, 5.41) is 11.5. The minimum Gasteiger partial charge on any atom is -0.508 e. The second-order valence-corrected chi connectivity index (χ2v) is 7.24. The van der Waals surface area contributed by atoms with Crippen LogP contribution in [0.4, 0.5) is 15.8 Å². The number of hydrogen-bond donors (Lipinski definition) is 1. The lowest BCUT2D eigenvalue weighted by atomic mass is 9.90. The predicted molar refractivity (Wildman–Crippen MR) is 107 cm³/mol. The maximum atomic E-state index is 13.4. The summed E-state index contributed by atoms with van der Waals surface area (Å²) in [6.45, 7) is 0. The third kappa shape index (κ3) is 2.83. The van der Waals surface area contributed by atoms with Gasteiger partial charge < -0.3 is 5.11 Å². The van der Waals surface area contributed by atoms with Crippen LogP contribution in [0.15, 0.2) is 78.9 Å². The summed E-state index contributed by atoms with van der Waals surface area (Å²) in [4.78, 5) is 33.5. The molecule has 150 valence electrons. The molecule has 3 aromatic carbocycles. The van der Waals surface area contributed by atoms with Gasteiger partial charge in [0.1, 0.15) is 17.5 Å². The van der Waals surface area contributed by atoms with Crippen molar-refractivity contribution in [3.63, 3.8) is 0 Å². The molecule has 2 fully saturated rings. The number of benzene rings is 3. The Morgan fingerprint density at radius 2 is 1.57 bits per heavy atom. The fraction of sp³-hybridized carbons (Fsp3) is 0.130. The highest BCUT2D eigenvalue weighted by atomic mass is 19.1. The Hall–Kier alpha value is -3.71. The number of phenols is 1. The Balaban J connectivity index is 1.59. The number of para-hydroxylation sites is 1. The summed E-state index contributed by atoms with van der Waals surface area (Å²) in [7, 11) is 0. The predicted octanol–water partition coefficient (Wildman–Crippen LogP) is 3.58. The van der Waals surface area contributed by atoms with E-state index in [9.17, 15) is 19.1 Å². The molecule has 3 atom stereocenters. The molecule has 0 aliphatic carbocycles. The standard InChI is InChI=1S/C23H17FN2O4/c24-15-9-11-16(12-10-15)25-22(28)19-20(14-5-4-8-18(27)13-14)26(30-21(19)23(25)29)17-6-2-1-3-7-17/h1-13,19-21,27H/t19-,20+,21-/m1/s1. The summed E-state index contributed by atoms with van der Waals surface area (Å²) < 4.78 is 13.3. The first-order chi connectivity index (χ1) is 14.5. The number of hydrogen-bond acceptors (Lipinski definition) is 5. The lowest BCUT2D eigenvalue weighted by Gasteiger charge is -2.28. The molecule has 2 heterocycles. The van der Waals surface area contributed by atoms with E-state index in [0.717, 1.165) is 4.90 Å². The minimum atomic E-state index is -1.02. The maximum Gasteiger partial charge on any atom is 0.266 e. The smallest absolute Gasteiger partial charge is 0.266 e. The van der Waals surface area contributed by atoms with Gasteiger partial charge in [0.2, 0.25) is 5.91 Å².